The van der Waals surface area contributed by atoms with Crippen molar-refractivity contribution >= 4 is 23.2 Å². The summed E-state index contributed by atoms with van der Waals surface area (Å²) in [5.41, 5.74) is 9.02. The molecular formula is C21H30N6O3S. The number of aromatic nitrogens is 3. The first kappa shape index (κ1) is 23.2. The predicted molar refractivity (Wildman–Crippen MR) is 118 cm³/mol. The summed E-state index contributed by atoms with van der Waals surface area (Å²) in [5.74, 6) is -0.0699. The zero-order valence-corrected chi connectivity index (χ0v) is 19.3. The lowest BCUT2D eigenvalue weighted by Crippen LogP contribution is -2.55. The van der Waals surface area contributed by atoms with E-state index in [1.165, 1.54) is 16.2 Å². The van der Waals surface area contributed by atoms with Crippen molar-refractivity contribution < 1.29 is 14.7 Å². The van der Waals surface area contributed by atoms with Gasteiger partial charge in [-0.25, -0.2) is 15.0 Å². The van der Waals surface area contributed by atoms with E-state index in [0.717, 1.165) is 16.1 Å². The van der Waals surface area contributed by atoms with Crippen molar-refractivity contribution in [3.8, 4) is 10.7 Å². The Morgan fingerprint density at radius 1 is 1.29 bits per heavy atom. The summed E-state index contributed by atoms with van der Waals surface area (Å²) in [4.78, 5) is 41.1. The molecule has 1 saturated heterocycles. The Hall–Kier alpha value is -2.43. The van der Waals surface area contributed by atoms with E-state index in [1.54, 1.807) is 17.9 Å². The SMILES string of the molecule is Cc1ncsc1-c1ncc(C(C)NC(=O)[C@@H]2C[C@@H](O)CN2C(=O)[C@@H](N)C(C)(C)C)cn1. The van der Waals surface area contributed by atoms with Crippen molar-refractivity contribution in [1.29, 1.82) is 0 Å². The molecule has 1 aliphatic rings. The zero-order valence-electron chi connectivity index (χ0n) is 18.5. The number of nitrogens with zero attached hydrogens (tertiary/aromatic N) is 4. The molecule has 0 spiro atoms. The molecule has 4 atom stereocenters. The van der Waals surface area contributed by atoms with Crippen LogP contribution in [-0.2, 0) is 9.59 Å². The van der Waals surface area contributed by atoms with Gasteiger partial charge in [-0.1, -0.05) is 20.8 Å². The van der Waals surface area contributed by atoms with Crippen LogP contribution in [0.15, 0.2) is 17.9 Å². The summed E-state index contributed by atoms with van der Waals surface area (Å²) in [5, 5.41) is 13.0. The summed E-state index contributed by atoms with van der Waals surface area (Å²) in [6.45, 7) is 9.44. The lowest BCUT2D eigenvalue weighted by atomic mass is 9.86. The largest absolute Gasteiger partial charge is 0.391 e. The third-order valence-corrected chi connectivity index (χ3v) is 6.47. The van der Waals surface area contributed by atoms with Crippen molar-refractivity contribution in [3.05, 3.63) is 29.2 Å². The van der Waals surface area contributed by atoms with Crippen molar-refractivity contribution in [3.63, 3.8) is 0 Å². The van der Waals surface area contributed by atoms with Crippen molar-refractivity contribution in [2.75, 3.05) is 6.54 Å². The molecule has 168 valence electrons. The number of aliphatic hydroxyl groups excluding tert-OH is 1. The van der Waals surface area contributed by atoms with Gasteiger partial charge in [0.1, 0.15) is 6.04 Å². The zero-order chi connectivity index (χ0) is 22.9. The number of nitrogens with one attached hydrogen (secondary N) is 1. The highest BCUT2D eigenvalue weighted by Crippen LogP contribution is 2.26. The van der Waals surface area contributed by atoms with Crippen LogP contribution in [0.25, 0.3) is 10.7 Å². The number of thiazole rings is 1. The van der Waals surface area contributed by atoms with E-state index in [1.807, 2.05) is 34.6 Å². The number of amides is 2. The van der Waals surface area contributed by atoms with E-state index in [0.29, 0.717) is 5.82 Å². The first-order valence-corrected chi connectivity index (χ1v) is 11.1. The molecule has 2 amide bonds. The van der Waals surface area contributed by atoms with Gasteiger partial charge in [-0.15, -0.1) is 11.3 Å². The Balaban J connectivity index is 1.69. The molecule has 4 N–H and O–H groups in total. The molecule has 9 nitrogen and oxygen atoms in total. The Labute approximate surface area is 186 Å². The second-order valence-corrected chi connectivity index (χ2v) is 9.93. The number of rotatable bonds is 5. The lowest BCUT2D eigenvalue weighted by molar-refractivity contribution is -0.141. The van der Waals surface area contributed by atoms with Gasteiger partial charge in [0.2, 0.25) is 11.8 Å². The van der Waals surface area contributed by atoms with Crippen molar-refractivity contribution in [2.45, 2.75) is 65.3 Å². The van der Waals surface area contributed by atoms with Gasteiger partial charge in [0, 0.05) is 30.9 Å². The molecular weight excluding hydrogens is 416 g/mol. The molecule has 0 bridgehead atoms. The fraction of sp³-hybridized carbons (Fsp3) is 0.571. The average molecular weight is 447 g/mol. The number of carbonyl (C=O) groups excluding carboxylic acids is 2. The van der Waals surface area contributed by atoms with E-state index in [4.69, 9.17) is 5.73 Å². The maximum absolute atomic E-state index is 13.0. The molecule has 1 aliphatic heterocycles. The molecule has 2 aromatic rings. The highest BCUT2D eigenvalue weighted by molar-refractivity contribution is 7.13. The Bertz CT molecular complexity index is 939. The van der Waals surface area contributed by atoms with Gasteiger partial charge in [-0.2, -0.15) is 0 Å². The third kappa shape index (κ3) is 5.08. The van der Waals surface area contributed by atoms with Gasteiger partial charge in [0.25, 0.3) is 0 Å². The summed E-state index contributed by atoms with van der Waals surface area (Å²) in [7, 11) is 0. The van der Waals surface area contributed by atoms with Gasteiger partial charge in [0.15, 0.2) is 5.82 Å². The van der Waals surface area contributed by atoms with Crippen LogP contribution in [-0.4, -0.2) is 61.5 Å². The average Bonchev–Trinajstić information content (AvgIpc) is 3.31. The Kier molecular flexibility index (Phi) is 6.73. The van der Waals surface area contributed by atoms with Crippen LogP contribution in [0.3, 0.4) is 0 Å². The molecule has 0 aliphatic carbocycles. The smallest absolute Gasteiger partial charge is 0.243 e. The van der Waals surface area contributed by atoms with Gasteiger partial charge >= 0.3 is 0 Å². The number of carbonyl (C=O) groups is 2. The molecule has 31 heavy (non-hydrogen) atoms. The second-order valence-electron chi connectivity index (χ2n) is 9.08. The molecule has 10 heteroatoms. The molecule has 0 aromatic carbocycles. The van der Waals surface area contributed by atoms with Gasteiger partial charge in [-0.05, 0) is 19.3 Å². The first-order chi connectivity index (χ1) is 14.5. The monoisotopic (exact) mass is 446 g/mol. The van der Waals surface area contributed by atoms with E-state index < -0.39 is 23.6 Å². The number of nitrogens with two attached hydrogens (primary N) is 1. The van der Waals surface area contributed by atoms with Gasteiger partial charge < -0.3 is 21.1 Å². The summed E-state index contributed by atoms with van der Waals surface area (Å²) in [6, 6.07) is -1.89. The minimum absolute atomic E-state index is 0.0983. The van der Waals surface area contributed by atoms with Gasteiger partial charge in [-0.3, -0.25) is 9.59 Å². The maximum Gasteiger partial charge on any atom is 0.243 e. The predicted octanol–water partition coefficient (Wildman–Crippen LogP) is 1.42. The number of aryl methyl sites for hydroxylation is 1. The highest BCUT2D eigenvalue weighted by atomic mass is 32.1. The Morgan fingerprint density at radius 2 is 1.94 bits per heavy atom. The molecule has 2 aromatic heterocycles. The van der Waals surface area contributed by atoms with E-state index in [2.05, 4.69) is 20.3 Å². The lowest BCUT2D eigenvalue weighted by Gasteiger charge is -2.32. The van der Waals surface area contributed by atoms with Crippen LogP contribution >= 0.6 is 11.3 Å². The minimum atomic E-state index is -0.765. The van der Waals surface area contributed by atoms with Crippen LogP contribution in [0.4, 0.5) is 0 Å². The number of aliphatic hydroxyl groups is 1. The highest BCUT2D eigenvalue weighted by Gasteiger charge is 2.42. The minimum Gasteiger partial charge on any atom is -0.391 e. The van der Waals surface area contributed by atoms with Crippen LogP contribution in [0.5, 0.6) is 0 Å². The number of β-amino-alcohol motifs (C(OH)–C–C–N with tert-alkyl or cyclic N) is 1. The van der Waals surface area contributed by atoms with E-state index >= 15 is 0 Å². The fourth-order valence-electron chi connectivity index (χ4n) is 3.44. The standard InChI is InChI=1S/C21H30N6O3S/c1-11(13-7-23-18(24-8-13)16-12(2)25-10-31-16)26-19(29)15-6-14(28)9-27(15)20(30)17(22)21(3,4)5/h7-8,10-11,14-15,17,28H,6,9,22H2,1-5H3,(H,26,29)/t11?,14-,15+,17-/m1/s1. The van der Waals surface area contributed by atoms with Crippen LogP contribution < -0.4 is 11.1 Å². The number of hydrogen-bond donors (Lipinski definition) is 3. The molecule has 3 rings (SSSR count). The number of hydrogen-bond acceptors (Lipinski definition) is 8. The van der Waals surface area contributed by atoms with Crippen molar-refractivity contribution in [1.82, 2.24) is 25.2 Å². The van der Waals surface area contributed by atoms with Crippen LogP contribution in [0, 0.1) is 12.3 Å². The van der Waals surface area contributed by atoms with E-state index in [9.17, 15) is 14.7 Å². The molecule has 3 heterocycles. The maximum atomic E-state index is 13.0. The summed E-state index contributed by atoms with van der Waals surface area (Å²) in [6.07, 6.45) is 2.77. The van der Waals surface area contributed by atoms with Crippen molar-refractivity contribution in [2.24, 2.45) is 11.1 Å². The number of likely N-dealkylation sites (tertiary alicyclic amines) is 1. The van der Waals surface area contributed by atoms with Crippen LogP contribution in [0.2, 0.25) is 0 Å². The first-order valence-electron chi connectivity index (χ1n) is 10.3. The third-order valence-electron chi connectivity index (χ3n) is 5.54. The van der Waals surface area contributed by atoms with Gasteiger partial charge in [0.05, 0.1) is 34.3 Å². The Morgan fingerprint density at radius 3 is 2.48 bits per heavy atom. The molecule has 0 radical (unpaired) electrons. The van der Waals surface area contributed by atoms with Crippen LogP contribution in [0.1, 0.15) is 51.4 Å². The second kappa shape index (κ2) is 8.97. The summed E-state index contributed by atoms with van der Waals surface area (Å²) >= 11 is 1.47. The molecule has 1 unspecified atom stereocenters. The van der Waals surface area contributed by atoms with E-state index in [-0.39, 0.29) is 30.8 Å². The fourth-order valence-corrected chi connectivity index (χ4v) is 4.19. The topological polar surface area (TPSA) is 134 Å². The summed E-state index contributed by atoms with van der Waals surface area (Å²) < 4.78 is 0. The normalized spacial score (nSPS) is 21.1. The molecule has 0 saturated carbocycles. The quantitative estimate of drug-likeness (QED) is 0.632. The molecule has 1 fully saturated rings.